The Labute approximate surface area is 135 Å². The molecule has 1 aromatic heterocycles. The van der Waals surface area contributed by atoms with E-state index in [-0.39, 0.29) is 17.5 Å². The molecule has 23 heavy (non-hydrogen) atoms. The third-order valence-corrected chi connectivity index (χ3v) is 4.71. The van der Waals surface area contributed by atoms with Crippen LogP contribution in [0.4, 0.5) is 5.82 Å². The van der Waals surface area contributed by atoms with E-state index < -0.39 is 5.97 Å². The highest BCUT2D eigenvalue weighted by Crippen LogP contribution is 2.21. The molecular formula is C16H22N4O3. The van der Waals surface area contributed by atoms with Crippen LogP contribution in [0, 0.1) is 0 Å². The van der Waals surface area contributed by atoms with Crippen molar-refractivity contribution in [3.63, 3.8) is 0 Å². The van der Waals surface area contributed by atoms with Crippen LogP contribution in [0.15, 0.2) is 18.3 Å². The van der Waals surface area contributed by atoms with Crippen LogP contribution in [0.3, 0.4) is 0 Å². The lowest BCUT2D eigenvalue weighted by atomic mass is 10.1. The van der Waals surface area contributed by atoms with Gasteiger partial charge in [-0.2, -0.15) is 0 Å². The number of anilines is 1. The number of likely N-dealkylation sites (N-methyl/N-ethyl adjacent to an activating group) is 1. The molecule has 0 saturated carbocycles. The maximum Gasteiger partial charge on any atom is 0.339 e. The summed E-state index contributed by atoms with van der Waals surface area (Å²) in [5, 5.41) is 9.27. The zero-order valence-corrected chi connectivity index (χ0v) is 13.3. The number of nitrogens with zero attached hydrogens (tertiary/aromatic N) is 4. The first-order chi connectivity index (χ1) is 11.1. The first-order valence-electron chi connectivity index (χ1n) is 8.00. The van der Waals surface area contributed by atoms with E-state index >= 15 is 0 Å². The molecule has 2 fully saturated rings. The van der Waals surface area contributed by atoms with Crippen molar-refractivity contribution in [1.29, 1.82) is 0 Å². The summed E-state index contributed by atoms with van der Waals surface area (Å²) in [6.45, 7) is 3.42. The molecule has 1 aromatic rings. The lowest BCUT2D eigenvalue weighted by Crippen LogP contribution is -2.53. The Morgan fingerprint density at radius 1 is 1.22 bits per heavy atom. The lowest BCUT2D eigenvalue weighted by molar-refractivity contribution is -0.135. The number of piperazine rings is 1. The minimum atomic E-state index is -0.973. The molecule has 0 aliphatic carbocycles. The van der Waals surface area contributed by atoms with E-state index in [9.17, 15) is 14.7 Å². The SMILES string of the molecule is CN1CCCC1C(=O)N1CCN(c2ncccc2C(=O)O)CC1. The van der Waals surface area contributed by atoms with E-state index in [4.69, 9.17) is 0 Å². The lowest BCUT2D eigenvalue weighted by Gasteiger charge is -2.37. The van der Waals surface area contributed by atoms with Crippen LogP contribution in [0.25, 0.3) is 0 Å². The van der Waals surface area contributed by atoms with Gasteiger partial charge in [0.2, 0.25) is 5.91 Å². The van der Waals surface area contributed by atoms with E-state index in [0.29, 0.717) is 32.0 Å². The number of amides is 1. The van der Waals surface area contributed by atoms with Crippen LogP contribution < -0.4 is 4.90 Å². The predicted molar refractivity (Wildman–Crippen MR) is 85.6 cm³/mol. The molecule has 0 spiro atoms. The first kappa shape index (κ1) is 15.7. The van der Waals surface area contributed by atoms with Crippen molar-refractivity contribution in [3.05, 3.63) is 23.9 Å². The molecule has 7 nitrogen and oxygen atoms in total. The Kier molecular flexibility index (Phi) is 4.47. The fourth-order valence-electron chi connectivity index (χ4n) is 3.39. The van der Waals surface area contributed by atoms with Gasteiger partial charge in [-0.3, -0.25) is 9.69 Å². The minimum Gasteiger partial charge on any atom is -0.478 e. The number of carbonyl (C=O) groups is 2. The van der Waals surface area contributed by atoms with Gasteiger partial charge in [0.25, 0.3) is 0 Å². The average Bonchev–Trinajstić information content (AvgIpc) is 3.00. The molecule has 1 N–H and O–H groups in total. The first-order valence-corrected chi connectivity index (χ1v) is 8.00. The van der Waals surface area contributed by atoms with E-state index in [0.717, 1.165) is 19.4 Å². The summed E-state index contributed by atoms with van der Waals surface area (Å²) >= 11 is 0. The summed E-state index contributed by atoms with van der Waals surface area (Å²) < 4.78 is 0. The number of carboxylic acid groups (broad SMARTS) is 1. The van der Waals surface area contributed by atoms with Crippen molar-refractivity contribution in [3.8, 4) is 0 Å². The zero-order valence-electron chi connectivity index (χ0n) is 13.3. The number of rotatable bonds is 3. The predicted octanol–water partition coefficient (Wildman–Crippen LogP) is 0.523. The van der Waals surface area contributed by atoms with Gasteiger partial charge in [0.05, 0.1) is 6.04 Å². The third kappa shape index (κ3) is 3.14. The molecule has 1 unspecified atom stereocenters. The van der Waals surface area contributed by atoms with E-state index in [2.05, 4.69) is 9.88 Å². The maximum atomic E-state index is 12.6. The molecular weight excluding hydrogens is 296 g/mol. The molecule has 2 aliphatic rings. The van der Waals surface area contributed by atoms with Gasteiger partial charge in [-0.25, -0.2) is 9.78 Å². The molecule has 3 rings (SSSR count). The summed E-state index contributed by atoms with van der Waals surface area (Å²) in [4.78, 5) is 34.1. The second-order valence-electron chi connectivity index (χ2n) is 6.13. The van der Waals surface area contributed by atoms with Gasteiger partial charge in [0.15, 0.2) is 0 Å². The number of aromatic carboxylic acids is 1. The second kappa shape index (κ2) is 6.54. The van der Waals surface area contributed by atoms with Crippen molar-refractivity contribution >= 4 is 17.7 Å². The Bertz CT molecular complexity index is 599. The quantitative estimate of drug-likeness (QED) is 0.876. The van der Waals surface area contributed by atoms with E-state index in [1.807, 2.05) is 16.8 Å². The van der Waals surface area contributed by atoms with Gasteiger partial charge in [-0.05, 0) is 38.6 Å². The summed E-state index contributed by atoms with van der Waals surface area (Å²) in [5.41, 5.74) is 0.211. The van der Waals surface area contributed by atoms with Gasteiger partial charge >= 0.3 is 5.97 Å². The maximum absolute atomic E-state index is 12.6. The molecule has 124 valence electrons. The largest absolute Gasteiger partial charge is 0.478 e. The third-order valence-electron chi connectivity index (χ3n) is 4.71. The molecule has 1 amide bonds. The van der Waals surface area contributed by atoms with Crippen molar-refractivity contribution in [1.82, 2.24) is 14.8 Å². The van der Waals surface area contributed by atoms with Crippen molar-refractivity contribution in [2.45, 2.75) is 18.9 Å². The molecule has 2 saturated heterocycles. The van der Waals surface area contributed by atoms with E-state index in [1.54, 1.807) is 18.3 Å². The van der Waals surface area contributed by atoms with Crippen LogP contribution in [0.1, 0.15) is 23.2 Å². The number of likely N-dealkylation sites (tertiary alicyclic amines) is 1. The van der Waals surface area contributed by atoms with Gasteiger partial charge in [-0.15, -0.1) is 0 Å². The Morgan fingerprint density at radius 3 is 2.57 bits per heavy atom. The molecule has 7 heteroatoms. The topological polar surface area (TPSA) is 77.0 Å². The fourth-order valence-corrected chi connectivity index (χ4v) is 3.39. The number of aromatic nitrogens is 1. The number of carbonyl (C=O) groups excluding carboxylic acids is 1. The number of carboxylic acids is 1. The van der Waals surface area contributed by atoms with Crippen molar-refractivity contribution in [2.75, 3.05) is 44.7 Å². The van der Waals surface area contributed by atoms with Crippen LogP contribution in [-0.4, -0.2) is 77.6 Å². The van der Waals surface area contributed by atoms with Gasteiger partial charge in [0, 0.05) is 32.4 Å². The van der Waals surface area contributed by atoms with E-state index in [1.165, 1.54) is 0 Å². The van der Waals surface area contributed by atoms with Gasteiger partial charge in [0.1, 0.15) is 11.4 Å². The summed E-state index contributed by atoms with van der Waals surface area (Å²) in [6, 6.07) is 3.20. The van der Waals surface area contributed by atoms with Gasteiger partial charge in [-0.1, -0.05) is 0 Å². The Morgan fingerprint density at radius 2 is 1.96 bits per heavy atom. The monoisotopic (exact) mass is 318 g/mol. The van der Waals surface area contributed by atoms with Crippen molar-refractivity contribution < 1.29 is 14.7 Å². The van der Waals surface area contributed by atoms with Crippen molar-refractivity contribution in [2.24, 2.45) is 0 Å². The van der Waals surface area contributed by atoms with Crippen LogP contribution in [0.5, 0.6) is 0 Å². The minimum absolute atomic E-state index is 0.00554. The Hall–Kier alpha value is -2.15. The second-order valence-corrected chi connectivity index (χ2v) is 6.13. The fraction of sp³-hybridized carbons (Fsp3) is 0.562. The highest BCUT2D eigenvalue weighted by atomic mass is 16.4. The smallest absolute Gasteiger partial charge is 0.339 e. The highest BCUT2D eigenvalue weighted by Gasteiger charge is 2.33. The Balaban J connectivity index is 1.65. The summed E-state index contributed by atoms with van der Waals surface area (Å²) in [6.07, 6.45) is 3.61. The zero-order chi connectivity index (χ0) is 16.4. The molecule has 1 atom stereocenters. The highest BCUT2D eigenvalue weighted by molar-refractivity contribution is 5.93. The molecule has 0 radical (unpaired) electrons. The molecule has 0 bridgehead atoms. The average molecular weight is 318 g/mol. The number of pyridine rings is 1. The molecule has 0 aromatic carbocycles. The van der Waals surface area contributed by atoms with Gasteiger partial charge < -0.3 is 14.9 Å². The normalized spacial score (nSPS) is 22.4. The standard InChI is InChI=1S/C16H22N4O3/c1-18-7-3-5-13(18)15(21)20-10-8-19(9-11-20)14-12(16(22)23)4-2-6-17-14/h2,4,6,13H,3,5,7-11H2,1H3,(H,22,23). The summed E-state index contributed by atoms with van der Waals surface area (Å²) in [5.74, 6) is -0.284. The number of hydrogen-bond acceptors (Lipinski definition) is 5. The van der Waals surface area contributed by atoms with Crippen LogP contribution in [0.2, 0.25) is 0 Å². The van der Waals surface area contributed by atoms with Crippen LogP contribution in [-0.2, 0) is 4.79 Å². The summed E-state index contributed by atoms with van der Waals surface area (Å²) in [7, 11) is 2.00. The molecule has 3 heterocycles. The van der Waals surface area contributed by atoms with Crippen LogP contribution >= 0.6 is 0 Å². The number of hydrogen-bond donors (Lipinski definition) is 1. The molecule has 2 aliphatic heterocycles.